The first-order valence-electron chi connectivity index (χ1n) is 7.66. The minimum absolute atomic E-state index is 0.241. The fourth-order valence-corrected chi connectivity index (χ4v) is 2.30. The van der Waals surface area contributed by atoms with Gasteiger partial charge in [-0.3, -0.25) is 0 Å². The van der Waals surface area contributed by atoms with Gasteiger partial charge in [0.25, 0.3) is 0 Å². The van der Waals surface area contributed by atoms with Gasteiger partial charge in [-0.2, -0.15) is 0 Å². The number of rotatable bonds is 2. The van der Waals surface area contributed by atoms with E-state index in [0.717, 1.165) is 11.1 Å². The molecular formula is C18H18N2O4. The van der Waals surface area contributed by atoms with Crippen LogP contribution in [0.1, 0.15) is 11.1 Å². The van der Waals surface area contributed by atoms with Gasteiger partial charge in [0.15, 0.2) is 0 Å². The van der Waals surface area contributed by atoms with Gasteiger partial charge in [0.05, 0.1) is 13.1 Å². The zero-order chi connectivity index (χ0) is 16.8. The molecule has 0 spiro atoms. The second-order valence-corrected chi connectivity index (χ2v) is 5.17. The van der Waals surface area contributed by atoms with E-state index in [1.165, 1.54) is 0 Å². The van der Waals surface area contributed by atoms with E-state index < -0.39 is 0 Å². The molecule has 24 heavy (non-hydrogen) atoms. The van der Waals surface area contributed by atoms with Crippen molar-refractivity contribution in [2.24, 2.45) is 9.98 Å². The van der Waals surface area contributed by atoms with Crippen molar-refractivity contribution < 1.29 is 19.7 Å². The Morgan fingerprint density at radius 1 is 0.708 bits per heavy atom. The molecule has 2 aromatic carbocycles. The first-order chi connectivity index (χ1) is 11.7. The molecule has 0 bridgehead atoms. The number of nitrogens with zero attached hydrogens (tertiary/aromatic N) is 2. The van der Waals surface area contributed by atoms with Crippen LogP contribution in [0.5, 0.6) is 11.5 Å². The van der Waals surface area contributed by atoms with Crippen molar-refractivity contribution >= 4 is 11.8 Å². The molecule has 0 saturated carbocycles. The summed E-state index contributed by atoms with van der Waals surface area (Å²) in [6.45, 7) is 2.71. The Labute approximate surface area is 139 Å². The summed E-state index contributed by atoms with van der Waals surface area (Å²) in [6, 6.07) is 13.8. The largest absolute Gasteiger partial charge is 0.508 e. The molecule has 0 unspecified atom stereocenters. The SMILES string of the molecule is Oc1cccc(C2=NCCO2)c1.Oc1cccc(C2=NCCO2)c1. The van der Waals surface area contributed by atoms with Gasteiger partial charge in [0.1, 0.15) is 24.7 Å². The van der Waals surface area contributed by atoms with Crippen LogP contribution in [0.2, 0.25) is 0 Å². The molecule has 0 atom stereocenters. The predicted octanol–water partition coefficient (Wildman–Crippen LogP) is 2.34. The van der Waals surface area contributed by atoms with E-state index in [2.05, 4.69) is 9.98 Å². The molecule has 2 N–H and O–H groups in total. The van der Waals surface area contributed by atoms with Crippen LogP contribution in [-0.4, -0.2) is 48.3 Å². The molecule has 0 radical (unpaired) electrons. The van der Waals surface area contributed by atoms with Crippen molar-refractivity contribution in [3.05, 3.63) is 59.7 Å². The minimum Gasteiger partial charge on any atom is -0.508 e. The van der Waals surface area contributed by atoms with Crippen molar-refractivity contribution in [3.63, 3.8) is 0 Å². The Balaban J connectivity index is 0.000000141. The number of phenols is 2. The Hall–Kier alpha value is -3.02. The molecule has 6 heteroatoms. The van der Waals surface area contributed by atoms with Crippen LogP contribution >= 0.6 is 0 Å². The summed E-state index contributed by atoms with van der Waals surface area (Å²) in [5.41, 5.74) is 1.68. The van der Waals surface area contributed by atoms with E-state index >= 15 is 0 Å². The molecule has 124 valence electrons. The van der Waals surface area contributed by atoms with Gasteiger partial charge >= 0.3 is 0 Å². The van der Waals surface area contributed by atoms with Crippen LogP contribution in [0.25, 0.3) is 0 Å². The summed E-state index contributed by atoms with van der Waals surface area (Å²) in [5, 5.41) is 18.3. The van der Waals surface area contributed by atoms with Crippen molar-refractivity contribution in [2.75, 3.05) is 26.3 Å². The zero-order valence-corrected chi connectivity index (χ0v) is 13.1. The van der Waals surface area contributed by atoms with E-state index in [1.807, 2.05) is 12.1 Å². The molecule has 6 nitrogen and oxygen atoms in total. The van der Waals surface area contributed by atoms with Crippen LogP contribution in [0.4, 0.5) is 0 Å². The molecule has 2 heterocycles. The van der Waals surface area contributed by atoms with Gasteiger partial charge in [0.2, 0.25) is 11.8 Å². The van der Waals surface area contributed by atoms with Crippen LogP contribution in [0.15, 0.2) is 58.5 Å². The lowest BCUT2D eigenvalue weighted by Gasteiger charge is -2.00. The Bertz CT molecular complexity index is 706. The second-order valence-electron chi connectivity index (χ2n) is 5.17. The van der Waals surface area contributed by atoms with E-state index in [0.29, 0.717) is 38.1 Å². The summed E-state index contributed by atoms with van der Waals surface area (Å²) in [4.78, 5) is 8.26. The number of aromatic hydroxyl groups is 2. The Morgan fingerprint density at radius 2 is 1.17 bits per heavy atom. The maximum absolute atomic E-state index is 9.16. The van der Waals surface area contributed by atoms with Crippen LogP contribution in [0, 0.1) is 0 Å². The van der Waals surface area contributed by atoms with Crippen LogP contribution in [0.3, 0.4) is 0 Å². The van der Waals surface area contributed by atoms with Gasteiger partial charge in [0, 0.05) is 11.1 Å². The van der Waals surface area contributed by atoms with E-state index in [-0.39, 0.29) is 11.5 Å². The number of ether oxygens (including phenoxy) is 2. The quantitative estimate of drug-likeness (QED) is 0.887. The van der Waals surface area contributed by atoms with Gasteiger partial charge in [-0.1, -0.05) is 12.1 Å². The van der Waals surface area contributed by atoms with E-state index in [1.54, 1.807) is 36.4 Å². The molecule has 0 saturated heterocycles. The molecule has 4 rings (SSSR count). The predicted molar refractivity (Wildman–Crippen MR) is 90.9 cm³/mol. The normalized spacial score (nSPS) is 15.5. The maximum Gasteiger partial charge on any atom is 0.216 e. The van der Waals surface area contributed by atoms with Crippen LogP contribution in [-0.2, 0) is 9.47 Å². The lowest BCUT2D eigenvalue weighted by atomic mass is 10.2. The number of benzene rings is 2. The standard InChI is InChI=1S/2C9H9NO2/c2*11-8-3-1-2-7(6-8)9-10-4-5-12-9/h2*1-3,6,11H,4-5H2. The Kier molecular flexibility index (Phi) is 4.96. The molecule has 0 aromatic heterocycles. The zero-order valence-electron chi connectivity index (χ0n) is 13.1. The third-order valence-electron chi connectivity index (χ3n) is 3.36. The molecule has 0 aliphatic carbocycles. The number of aliphatic imine (C=N–C) groups is 2. The fourth-order valence-electron chi connectivity index (χ4n) is 2.30. The lowest BCUT2D eigenvalue weighted by molar-refractivity contribution is 0.348. The van der Waals surface area contributed by atoms with Crippen molar-refractivity contribution in [3.8, 4) is 11.5 Å². The molecule has 2 aliphatic heterocycles. The highest BCUT2D eigenvalue weighted by atomic mass is 16.5. The molecule has 2 aromatic rings. The van der Waals surface area contributed by atoms with Crippen molar-refractivity contribution in [2.45, 2.75) is 0 Å². The van der Waals surface area contributed by atoms with Gasteiger partial charge in [-0.05, 0) is 36.4 Å². The third-order valence-corrected chi connectivity index (χ3v) is 3.36. The molecule has 0 fully saturated rings. The number of hydrogen-bond donors (Lipinski definition) is 2. The van der Waals surface area contributed by atoms with E-state index in [4.69, 9.17) is 19.7 Å². The number of phenolic OH excluding ortho intramolecular Hbond substituents is 2. The molecule has 2 aliphatic rings. The minimum atomic E-state index is 0.241. The number of hydrogen-bond acceptors (Lipinski definition) is 6. The summed E-state index contributed by atoms with van der Waals surface area (Å²) in [6.07, 6.45) is 0. The highest BCUT2D eigenvalue weighted by Gasteiger charge is 2.10. The average molecular weight is 326 g/mol. The average Bonchev–Trinajstić information content (AvgIpc) is 3.29. The van der Waals surface area contributed by atoms with E-state index in [9.17, 15) is 0 Å². The monoisotopic (exact) mass is 326 g/mol. The van der Waals surface area contributed by atoms with Gasteiger partial charge in [-0.15, -0.1) is 0 Å². The fraction of sp³-hybridized carbons (Fsp3) is 0.222. The molecular weight excluding hydrogens is 308 g/mol. The molecule has 0 amide bonds. The topological polar surface area (TPSA) is 83.6 Å². The van der Waals surface area contributed by atoms with Crippen molar-refractivity contribution in [1.29, 1.82) is 0 Å². The van der Waals surface area contributed by atoms with Gasteiger partial charge in [-0.25, -0.2) is 9.98 Å². The van der Waals surface area contributed by atoms with Crippen LogP contribution < -0.4 is 0 Å². The van der Waals surface area contributed by atoms with Crippen molar-refractivity contribution in [1.82, 2.24) is 0 Å². The summed E-state index contributed by atoms with van der Waals surface area (Å²) >= 11 is 0. The maximum atomic E-state index is 9.16. The Morgan fingerprint density at radius 3 is 1.50 bits per heavy atom. The summed E-state index contributed by atoms with van der Waals surface area (Å²) in [5.74, 6) is 1.74. The lowest BCUT2D eigenvalue weighted by Crippen LogP contribution is -1.99. The first-order valence-corrected chi connectivity index (χ1v) is 7.66. The highest BCUT2D eigenvalue weighted by Crippen LogP contribution is 2.15. The smallest absolute Gasteiger partial charge is 0.216 e. The summed E-state index contributed by atoms with van der Waals surface area (Å²) in [7, 11) is 0. The highest BCUT2D eigenvalue weighted by molar-refractivity contribution is 5.95. The second kappa shape index (κ2) is 7.50. The van der Waals surface area contributed by atoms with Gasteiger partial charge < -0.3 is 19.7 Å². The third kappa shape index (κ3) is 4.04. The first kappa shape index (κ1) is 15.9. The summed E-state index contributed by atoms with van der Waals surface area (Å²) < 4.78 is 10.5.